The number of nitrogens with zero attached hydrogens (tertiary/aromatic N) is 6. The van der Waals surface area contributed by atoms with Crippen LogP contribution >= 0.6 is 12.4 Å². The van der Waals surface area contributed by atoms with Crippen LogP contribution in [-0.4, -0.2) is 55.0 Å². The van der Waals surface area contributed by atoms with E-state index in [0.29, 0.717) is 26.2 Å². The van der Waals surface area contributed by atoms with Crippen molar-refractivity contribution in [2.75, 3.05) is 19.6 Å². The van der Waals surface area contributed by atoms with E-state index in [9.17, 15) is 9.18 Å². The van der Waals surface area contributed by atoms with E-state index in [2.05, 4.69) is 20.6 Å². The minimum atomic E-state index is -0.303. The fourth-order valence-corrected chi connectivity index (χ4v) is 3.32. The first kappa shape index (κ1) is 20.0. The molecule has 1 saturated heterocycles. The van der Waals surface area contributed by atoms with Crippen molar-refractivity contribution in [3.8, 4) is 0 Å². The molecule has 1 atom stereocenters. The average Bonchev–Trinajstić information content (AvgIpc) is 3.30. The first-order chi connectivity index (χ1) is 13.1. The molecule has 1 aliphatic heterocycles. The summed E-state index contributed by atoms with van der Waals surface area (Å²) in [6.45, 7) is 2.26. The van der Waals surface area contributed by atoms with Gasteiger partial charge in [0, 0.05) is 39.1 Å². The number of nitrogens with one attached hydrogen (secondary N) is 1. The number of carbonyl (C=O) groups is 1. The van der Waals surface area contributed by atoms with Crippen LogP contribution in [0.1, 0.15) is 27.9 Å². The molecule has 8 nitrogen and oxygen atoms in total. The summed E-state index contributed by atoms with van der Waals surface area (Å²) in [7, 11) is 1.91. The maximum absolute atomic E-state index is 13.3. The van der Waals surface area contributed by atoms with Gasteiger partial charge in [-0.25, -0.2) is 14.1 Å². The van der Waals surface area contributed by atoms with Crippen LogP contribution in [0.15, 0.2) is 42.9 Å². The van der Waals surface area contributed by atoms with Crippen LogP contribution in [0.3, 0.4) is 0 Å². The Hall–Kier alpha value is -2.78. The number of amides is 1. The van der Waals surface area contributed by atoms with Crippen molar-refractivity contribution in [1.82, 2.24) is 34.8 Å². The summed E-state index contributed by atoms with van der Waals surface area (Å²) in [4.78, 5) is 19.2. The maximum atomic E-state index is 13.3. The molecular formula is C18H21ClFN7O. The number of benzene rings is 1. The quantitative estimate of drug-likeness (QED) is 0.709. The first-order valence-corrected chi connectivity index (χ1v) is 8.75. The standard InChI is InChI=1S/C18H20FN7O.ClH/c1-24-7-6-21-17(24)16-10-20-5-8-26(16)18(27)15-12-25(23-22-15)11-13-3-2-4-14(19)9-13;/h2-4,6-7,9,12,16,20H,5,8,10-11H2,1H3;1H. The highest BCUT2D eigenvalue weighted by atomic mass is 35.5. The van der Waals surface area contributed by atoms with Gasteiger partial charge in [0.05, 0.1) is 12.7 Å². The van der Waals surface area contributed by atoms with E-state index in [-0.39, 0.29) is 35.9 Å². The number of piperazine rings is 1. The number of hydrogen-bond donors (Lipinski definition) is 1. The molecule has 4 rings (SSSR count). The fourth-order valence-electron chi connectivity index (χ4n) is 3.32. The maximum Gasteiger partial charge on any atom is 0.276 e. The molecule has 1 aliphatic rings. The summed E-state index contributed by atoms with van der Waals surface area (Å²) in [6, 6.07) is 6.11. The Morgan fingerprint density at radius 3 is 3.00 bits per heavy atom. The highest BCUT2D eigenvalue weighted by Gasteiger charge is 2.32. The van der Waals surface area contributed by atoms with Crippen molar-refractivity contribution in [3.05, 3.63) is 65.8 Å². The second kappa shape index (κ2) is 8.49. The second-order valence-electron chi connectivity index (χ2n) is 6.55. The molecule has 1 unspecified atom stereocenters. The number of hydrogen-bond acceptors (Lipinski definition) is 5. The lowest BCUT2D eigenvalue weighted by atomic mass is 10.1. The van der Waals surface area contributed by atoms with Crippen molar-refractivity contribution in [2.45, 2.75) is 12.6 Å². The van der Waals surface area contributed by atoms with Gasteiger partial charge in [-0.3, -0.25) is 4.79 Å². The Labute approximate surface area is 167 Å². The van der Waals surface area contributed by atoms with Crippen LogP contribution in [0.25, 0.3) is 0 Å². The molecule has 0 bridgehead atoms. The van der Waals surface area contributed by atoms with E-state index >= 15 is 0 Å². The van der Waals surface area contributed by atoms with Gasteiger partial charge in [0.1, 0.15) is 17.7 Å². The summed E-state index contributed by atoms with van der Waals surface area (Å²) >= 11 is 0. The normalized spacial score (nSPS) is 16.6. The third-order valence-corrected chi connectivity index (χ3v) is 4.65. The molecule has 0 saturated carbocycles. The molecule has 0 radical (unpaired) electrons. The predicted molar refractivity (Wildman–Crippen MR) is 103 cm³/mol. The number of aryl methyl sites for hydroxylation is 1. The Balaban J connectivity index is 0.00000225. The SMILES string of the molecule is Cl.Cn1ccnc1C1CNCCN1C(=O)c1cn(Cc2cccc(F)c2)nn1. The van der Waals surface area contributed by atoms with Crippen molar-refractivity contribution in [3.63, 3.8) is 0 Å². The number of rotatable bonds is 4. The highest BCUT2D eigenvalue weighted by Crippen LogP contribution is 2.22. The van der Waals surface area contributed by atoms with Gasteiger partial charge < -0.3 is 14.8 Å². The zero-order valence-corrected chi connectivity index (χ0v) is 16.1. The molecule has 1 fully saturated rings. The largest absolute Gasteiger partial charge is 0.336 e. The third-order valence-electron chi connectivity index (χ3n) is 4.65. The van der Waals surface area contributed by atoms with Crippen molar-refractivity contribution < 1.29 is 9.18 Å². The molecule has 2 aromatic heterocycles. The molecule has 1 amide bonds. The van der Waals surface area contributed by atoms with Gasteiger partial charge in [-0.05, 0) is 17.7 Å². The van der Waals surface area contributed by atoms with E-state index in [1.165, 1.54) is 12.1 Å². The lowest BCUT2D eigenvalue weighted by Crippen LogP contribution is -2.49. The summed E-state index contributed by atoms with van der Waals surface area (Å²) in [6.07, 6.45) is 5.19. The minimum Gasteiger partial charge on any atom is -0.336 e. The van der Waals surface area contributed by atoms with Crippen LogP contribution in [-0.2, 0) is 13.6 Å². The zero-order chi connectivity index (χ0) is 18.8. The molecule has 28 heavy (non-hydrogen) atoms. The predicted octanol–water partition coefficient (Wildman–Crippen LogP) is 1.41. The molecule has 148 valence electrons. The van der Waals surface area contributed by atoms with Crippen molar-refractivity contribution in [2.24, 2.45) is 7.05 Å². The monoisotopic (exact) mass is 405 g/mol. The van der Waals surface area contributed by atoms with Gasteiger partial charge >= 0.3 is 0 Å². The van der Waals surface area contributed by atoms with Crippen molar-refractivity contribution in [1.29, 1.82) is 0 Å². The van der Waals surface area contributed by atoms with Gasteiger partial charge in [0.15, 0.2) is 5.69 Å². The van der Waals surface area contributed by atoms with E-state index in [1.54, 1.807) is 34.1 Å². The number of carbonyl (C=O) groups excluding carboxylic acids is 1. The number of imidazole rings is 1. The van der Waals surface area contributed by atoms with E-state index in [1.807, 2.05) is 17.8 Å². The Morgan fingerprint density at radius 2 is 2.25 bits per heavy atom. The van der Waals surface area contributed by atoms with E-state index in [0.717, 1.165) is 11.4 Å². The topological polar surface area (TPSA) is 80.9 Å². The lowest BCUT2D eigenvalue weighted by Gasteiger charge is -2.35. The number of halogens is 2. The smallest absolute Gasteiger partial charge is 0.276 e. The average molecular weight is 406 g/mol. The Bertz CT molecular complexity index is 957. The summed E-state index contributed by atoms with van der Waals surface area (Å²) in [5.41, 5.74) is 1.03. The lowest BCUT2D eigenvalue weighted by molar-refractivity contribution is 0.0614. The minimum absolute atomic E-state index is 0. The molecular weight excluding hydrogens is 385 g/mol. The summed E-state index contributed by atoms with van der Waals surface area (Å²) in [5, 5.41) is 11.4. The van der Waals surface area contributed by atoms with E-state index < -0.39 is 0 Å². The van der Waals surface area contributed by atoms with Crippen LogP contribution in [0, 0.1) is 5.82 Å². The van der Waals surface area contributed by atoms with Crippen LogP contribution < -0.4 is 5.32 Å². The molecule has 0 aliphatic carbocycles. The fraction of sp³-hybridized carbons (Fsp3) is 0.333. The van der Waals surface area contributed by atoms with Crippen LogP contribution in [0.5, 0.6) is 0 Å². The zero-order valence-electron chi connectivity index (χ0n) is 15.3. The van der Waals surface area contributed by atoms with Gasteiger partial charge in [-0.1, -0.05) is 17.3 Å². The van der Waals surface area contributed by atoms with Gasteiger partial charge in [0.2, 0.25) is 0 Å². The van der Waals surface area contributed by atoms with Gasteiger partial charge in [-0.15, -0.1) is 17.5 Å². The third kappa shape index (κ3) is 4.05. The molecule has 0 spiro atoms. The van der Waals surface area contributed by atoms with E-state index in [4.69, 9.17) is 0 Å². The molecule has 3 aromatic rings. The highest BCUT2D eigenvalue weighted by molar-refractivity contribution is 5.92. The van der Waals surface area contributed by atoms with Crippen LogP contribution in [0.4, 0.5) is 4.39 Å². The van der Waals surface area contributed by atoms with Gasteiger partial charge in [-0.2, -0.15) is 0 Å². The molecule has 1 aromatic carbocycles. The molecule has 10 heteroatoms. The van der Waals surface area contributed by atoms with Crippen molar-refractivity contribution >= 4 is 18.3 Å². The second-order valence-corrected chi connectivity index (χ2v) is 6.55. The molecule has 1 N–H and O–H groups in total. The number of aromatic nitrogens is 5. The summed E-state index contributed by atoms with van der Waals surface area (Å²) < 4.78 is 16.8. The first-order valence-electron chi connectivity index (χ1n) is 8.75. The molecule has 3 heterocycles. The van der Waals surface area contributed by atoms with Gasteiger partial charge in [0.25, 0.3) is 5.91 Å². The Morgan fingerprint density at radius 1 is 1.39 bits per heavy atom. The Kier molecular flexibility index (Phi) is 6.05. The van der Waals surface area contributed by atoms with Crippen LogP contribution in [0.2, 0.25) is 0 Å². The summed E-state index contributed by atoms with van der Waals surface area (Å²) in [5.74, 6) is 0.334.